The Hall–Kier alpha value is -3.20. The highest BCUT2D eigenvalue weighted by Gasteiger charge is 2.20. The molecule has 8 nitrogen and oxygen atoms in total. The molecule has 1 aromatic heterocycles. The Bertz CT molecular complexity index is 1280. The Kier molecular flexibility index (Phi) is 8.23. The highest BCUT2D eigenvalue weighted by atomic mass is 16.5. The van der Waals surface area contributed by atoms with Crippen molar-refractivity contribution in [3.63, 3.8) is 0 Å². The predicted octanol–water partition coefficient (Wildman–Crippen LogP) is 4.39. The van der Waals surface area contributed by atoms with Crippen molar-refractivity contribution >= 4 is 11.6 Å². The number of rotatable bonds is 5. The van der Waals surface area contributed by atoms with E-state index in [-0.39, 0.29) is 0 Å². The van der Waals surface area contributed by atoms with E-state index in [0.29, 0.717) is 38.4 Å². The van der Waals surface area contributed by atoms with Crippen LogP contribution in [0.1, 0.15) is 36.0 Å². The maximum Gasteiger partial charge on any atom is 0.227 e. The zero-order chi connectivity index (χ0) is 26.4. The van der Waals surface area contributed by atoms with Crippen molar-refractivity contribution in [1.29, 1.82) is 0 Å². The lowest BCUT2D eigenvalue weighted by molar-refractivity contribution is 0.0762. The molecule has 0 atom stereocenters. The largest absolute Gasteiger partial charge is 0.491 e. The number of hydrogen-bond acceptors (Lipinski definition) is 8. The zero-order valence-corrected chi connectivity index (χ0v) is 22.9. The summed E-state index contributed by atoms with van der Waals surface area (Å²) in [6, 6.07) is 13.2. The molecular formula is C31H39N5O3. The average molecular weight is 530 g/mol. The maximum absolute atomic E-state index is 6.23. The van der Waals surface area contributed by atoms with E-state index in [1.807, 2.05) is 12.3 Å². The van der Waals surface area contributed by atoms with Gasteiger partial charge in [0.15, 0.2) is 0 Å². The molecule has 6 rings (SSSR count). The number of hydrogen-bond donors (Lipinski definition) is 2. The summed E-state index contributed by atoms with van der Waals surface area (Å²) < 4.78 is 18.0. The lowest BCUT2D eigenvalue weighted by atomic mass is 9.90. The van der Waals surface area contributed by atoms with Crippen LogP contribution in [0.5, 0.6) is 11.5 Å². The summed E-state index contributed by atoms with van der Waals surface area (Å²) in [7, 11) is 2.20. The number of nitrogens with zero attached hydrogens (tertiary/aromatic N) is 3. The van der Waals surface area contributed by atoms with Crippen molar-refractivity contribution in [2.75, 3.05) is 58.4 Å². The molecule has 6 bridgehead atoms. The molecule has 0 unspecified atom stereocenters. The minimum Gasteiger partial charge on any atom is -0.491 e. The Morgan fingerprint density at radius 1 is 0.974 bits per heavy atom. The lowest BCUT2D eigenvalue weighted by Gasteiger charge is -2.29. The van der Waals surface area contributed by atoms with Crippen LogP contribution in [-0.2, 0) is 24.0 Å². The van der Waals surface area contributed by atoms with Gasteiger partial charge >= 0.3 is 0 Å². The van der Waals surface area contributed by atoms with Crippen LogP contribution in [0.2, 0.25) is 0 Å². The monoisotopic (exact) mass is 529 g/mol. The maximum atomic E-state index is 6.23. The first-order valence-corrected chi connectivity index (χ1v) is 14.4. The Morgan fingerprint density at radius 3 is 2.72 bits per heavy atom. The van der Waals surface area contributed by atoms with E-state index in [2.05, 4.69) is 57.9 Å². The van der Waals surface area contributed by atoms with E-state index in [1.165, 1.54) is 42.6 Å². The van der Waals surface area contributed by atoms with Gasteiger partial charge in [0.1, 0.15) is 24.7 Å². The third-order valence-corrected chi connectivity index (χ3v) is 7.94. The van der Waals surface area contributed by atoms with Crippen LogP contribution >= 0.6 is 0 Å². The molecule has 3 aliphatic rings. The van der Waals surface area contributed by atoms with Crippen LogP contribution < -0.4 is 20.1 Å². The number of aryl methyl sites for hydroxylation is 3. The molecule has 1 saturated heterocycles. The van der Waals surface area contributed by atoms with Crippen molar-refractivity contribution < 1.29 is 14.2 Å². The smallest absolute Gasteiger partial charge is 0.227 e. The van der Waals surface area contributed by atoms with Crippen LogP contribution in [0.15, 0.2) is 42.6 Å². The number of aromatic nitrogens is 2. The number of ether oxygens (including phenoxy) is 3. The highest BCUT2D eigenvalue weighted by molar-refractivity contribution is 5.72. The predicted molar refractivity (Wildman–Crippen MR) is 153 cm³/mol. The fourth-order valence-electron chi connectivity index (χ4n) is 5.67. The van der Waals surface area contributed by atoms with E-state index in [4.69, 9.17) is 19.2 Å². The van der Waals surface area contributed by atoms with Crippen LogP contribution in [0, 0.1) is 0 Å². The number of likely N-dealkylation sites (tertiary alicyclic amines) is 1. The second-order valence-corrected chi connectivity index (χ2v) is 10.8. The first-order valence-electron chi connectivity index (χ1n) is 14.4. The zero-order valence-electron chi connectivity index (χ0n) is 22.9. The van der Waals surface area contributed by atoms with E-state index >= 15 is 0 Å². The van der Waals surface area contributed by atoms with Crippen LogP contribution in [0.25, 0.3) is 11.3 Å². The molecule has 2 aromatic carbocycles. The third-order valence-electron chi connectivity index (χ3n) is 7.94. The van der Waals surface area contributed by atoms with E-state index in [1.54, 1.807) is 0 Å². The topological polar surface area (TPSA) is 80.8 Å². The minimum atomic E-state index is 0.485. The number of fused-ring (bicyclic) bond motifs is 4. The van der Waals surface area contributed by atoms with E-state index < -0.39 is 0 Å². The highest BCUT2D eigenvalue weighted by Crippen LogP contribution is 2.35. The van der Waals surface area contributed by atoms with Crippen molar-refractivity contribution in [3.05, 3.63) is 59.3 Å². The fourth-order valence-corrected chi connectivity index (χ4v) is 5.67. The van der Waals surface area contributed by atoms with Gasteiger partial charge in [-0.15, -0.1) is 0 Å². The molecule has 1 fully saturated rings. The molecule has 0 saturated carbocycles. The Labute approximate surface area is 231 Å². The Balaban J connectivity index is 1.18. The molecule has 206 valence electrons. The normalized spacial score (nSPS) is 18.1. The first-order chi connectivity index (χ1) is 19.2. The van der Waals surface area contributed by atoms with Crippen molar-refractivity contribution in [3.8, 4) is 22.8 Å². The molecule has 2 N–H and O–H groups in total. The molecule has 8 heteroatoms. The number of nitrogens with one attached hydrogen (secondary N) is 2. The quantitative estimate of drug-likeness (QED) is 0.471. The average Bonchev–Trinajstić information content (AvgIpc) is 2.96. The van der Waals surface area contributed by atoms with Crippen LogP contribution in [-0.4, -0.2) is 74.0 Å². The van der Waals surface area contributed by atoms with Gasteiger partial charge in [0.05, 0.1) is 18.9 Å². The summed E-state index contributed by atoms with van der Waals surface area (Å²) in [5.74, 6) is 2.30. The molecule has 0 radical (unpaired) electrons. The fraction of sp³-hybridized carbons (Fsp3) is 0.484. The van der Waals surface area contributed by atoms with Crippen molar-refractivity contribution in [2.24, 2.45) is 0 Å². The summed E-state index contributed by atoms with van der Waals surface area (Å²) in [4.78, 5) is 12.0. The number of piperidine rings is 1. The molecule has 1 aliphatic carbocycles. The van der Waals surface area contributed by atoms with Gasteiger partial charge in [-0.2, -0.15) is 0 Å². The molecule has 2 aliphatic heterocycles. The first kappa shape index (κ1) is 26.0. The Morgan fingerprint density at radius 2 is 1.82 bits per heavy atom. The van der Waals surface area contributed by atoms with Gasteiger partial charge in [0.25, 0.3) is 0 Å². The van der Waals surface area contributed by atoms with Crippen LogP contribution in [0.4, 0.5) is 11.6 Å². The summed E-state index contributed by atoms with van der Waals surface area (Å²) in [5, 5.41) is 7.17. The summed E-state index contributed by atoms with van der Waals surface area (Å²) in [5.41, 5.74) is 6.68. The molecule has 0 spiro atoms. The van der Waals surface area contributed by atoms with Gasteiger partial charge in [-0.25, -0.2) is 9.97 Å². The van der Waals surface area contributed by atoms with Crippen molar-refractivity contribution in [2.45, 2.75) is 44.6 Å². The van der Waals surface area contributed by atoms with E-state index in [9.17, 15) is 0 Å². The van der Waals surface area contributed by atoms with E-state index in [0.717, 1.165) is 60.7 Å². The van der Waals surface area contributed by atoms with Gasteiger partial charge in [-0.05, 0) is 100 Å². The number of benzene rings is 2. The van der Waals surface area contributed by atoms with Crippen LogP contribution in [0.3, 0.4) is 0 Å². The molecule has 0 amide bonds. The molecule has 39 heavy (non-hydrogen) atoms. The summed E-state index contributed by atoms with van der Waals surface area (Å²) in [6.45, 7) is 5.38. The van der Waals surface area contributed by atoms with Gasteiger partial charge in [0, 0.05) is 29.6 Å². The molecular weight excluding hydrogens is 490 g/mol. The minimum absolute atomic E-state index is 0.485. The van der Waals surface area contributed by atoms with Gasteiger partial charge < -0.3 is 29.7 Å². The summed E-state index contributed by atoms with van der Waals surface area (Å²) >= 11 is 0. The molecule has 3 aromatic rings. The lowest BCUT2D eigenvalue weighted by Crippen LogP contribution is -2.41. The summed E-state index contributed by atoms with van der Waals surface area (Å²) in [6.07, 6.45) is 8.36. The molecule has 3 heterocycles. The number of anilines is 2. The van der Waals surface area contributed by atoms with Crippen molar-refractivity contribution in [1.82, 2.24) is 20.2 Å². The standard InChI is InChI=1S/C31H39N5O3/c1-36-13-10-25(11-14-36)32-12-2-3-23-6-8-26-19-29(23)39-18-16-37-15-17-38-27-9-7-22-4-5-24-21-33-31(34-26)35-30(24)28(22)20-27/h6-9,19-21,25,32H,2-5,10-18H2,1H3,(H,33,34,35). The second-order valence-electron chi connectivity index (χ2n) is 10.8. The SMILES string of the molecule is CN1CCC(NCCCc2ccc3cc2OCCOCCOc2ccc4c(c2)-c2nc(ncc2CC4)N3)CC1. The second kappa shape index (κ2) is 12.3. The van der Waals surface area contributed by atoms with Gasteiger partial charge in [0.2, 0.25) is 5.95 Å². The van der Waals surface area contributed by atoms with Gasteiger partial charge in [-0.1, -0.05) is 12.1 Å². The van der Waals surface area contributed by atoms with Gasteiger partial charge in [-0.3, -0.25) is 0 Å². The third kappa shape index (κ3) is 6.52.